The van der Waals surface area contributed by atoms with Crippen molar-refractivity contribution in [1.29, 1.82) is 0 Å². The fourth-order valence-electron chi connectivity index (χ4n) is 2.80. The third kappa shape index (κ3) is 3.08. The standard InChI is InChI=1S/C19H20O2/c1-4-5-11-16-17(19(20)21)12-13(2)14(3)18(16)15-9-7-6-8-10-15/h4,9,12H,1,6-8,10H2,2-3H3,(H,20,21). The van der Waals surface area contributed by atoms with E-state index in [4.69, 9.17) is 0 Å². The Hall–Kier alpha value is -2.27. The summed E-state index contributed by atoms with van der Waals surface area (Å²) in [7, 11) is 0. The fourth-order valence-corrected chi connectivity index (χ4v) is 2.80. The van der Waals surface area contributed by atoms with Gasteiger partial charge < -0.3 is 5.11 Å². The molecule has 2 nitrogen and oxygen atoms in total. The van der Waals surface area contributed by atoms with E-state index < -0.39 is 5.97 Å². The van der Waals surface area contributed by atoms with Gasteiger partial charge in [-0.05, 0) is 73.9 Å². The highest BCUT2D eigenvalue weighted by Crippen LogP contribution is 2.34. The maximum atomic E-state index is 11.6. The van der Waals surface area contributed by atoms with Gasteiger partial charge in [0.15, 0.2) is 0 Å². The molecule has 0 radical (unpaired) electrons. The first-order chi connectivity index (χ1) is 10.1. The number of aromatic carboxylic acids is 1. The van der Waals surface area contributed by atoms with Crippen LogP contribution in [0.15, 0.2) is 24.8 Å². The molecule has 1 aliphatic carbocycles. The van der Waals surface area contributed by atoms with E-state index in [-0.39, 0.29) is 5.56 Å². The minimum Gasteiger partial charge on any atom is -0.478 e. The molecular weight excluding hydrogens is 260 g/mol. The van der Waals surface area contributed by atoms with Gasteiger partial charge >= 0.3 is 5.97 Å². The number of carboxylic acids is 1. The van der Waals surface area contributed by atoms with Crippen molar-refractivity contribution in [1.82, 2.24) is 0 Å². The van der Waals surface area contributed by atoms with Crippen LogP contribution < -0.4 is 0 Å². The van der Waals surface area contributed by atoms with Gasteiger partial charge in [0.1, 0.15) is 0 Å². The van der Waals surface area contributed by atoms with Gasteiger partial charge in [-0.25, -0.2) is 4.79 Å². The molecule has 0 aliphatic heterocycles. The lowest BCUT2D eigenvalue weighted by Gasteiger charge is -2.20. The van der Waals surface area contributed by atoms with E-state index >= 15 is 0 Å². The molecule has 108 valence electrons. The molecule has 21 heavy (non-hydrogen) atoms. The van der Waals surface area contributed by atoms with Gasteiger partial charge in [0, 0.05) is 5.56 Å². The van der Waals surface area contributed by atoms with Crippen molar-refractivity contribution < 1.29 is 9.90 Å². The molecule has 1 N–H and O–H groups in total. The smallest absolute Gasteiger partial charge is 0.336 e. The summed E-state index contributed by atoms with van der Waals surface area (Å²) in [6, 6.07) is 1.72. The zero-order chi connectivity index (χ0) is 15.4. The SMILES string of the molecule is C=CC#Cc1c(C(=O)O)cc(C)c(C)c1C1=CCCCC1. The predicted octanol–water partition coefficient (Wildman–Crippen LogP) is 4.50. The molecule has 0 fully saturated rings. The van der Waals surface area contributed by atoms with Crippen molar-refractivity contribution >= 4 is 11.5 Å². The van der Waals surface area contributed by atoms with Gasteiger partial charge in [-0.3, -0.25) is 0 Å². The number of carboxylic acid groups (broad SMARTS) is 1. The van der Waals surface area contributed by atoms with Gasteiger partial charge in [0.25, 0.3) is 0 Å². The first-order valence-corrected chi connectivity index (χ1v) is 7.25. The summed E-state index contributed by atoms with van der Waals surface area (Å²) in [5.74, 6) is 4.87. The lowest BCUT2D eigenvalue weighted by molar-refractivity contribution is 0.0696. The normalized spacial score (nSPS) is 13.9. The number of hydrogen-bond donors (Lipinski definition) is 1. The second-order valence-electron chi connectivity index (χ2n) is 5.37. The second kappa shape index (κ2) is 6.45. The molecule has 1 aliphatic rings. The molecule has 0 bridgehead atoms. The molecule has 0 saturated carbocycles. The van der Waals surface area contributed by atoms with Crippen molar-refractivity contribution in [2.24, 2.45) is 0 Å². The summed E-state index contributed by atoms with van der Waals surface area (Å²) >= 11 is 0. The average molecular weight is 280 g/mol. The van der Waals surface area contributed by atoms with Gasteiger partial charge in [-0.1, -0.05) is 24.5 Å². The van der Waals surface area contributed by atoms with Crippen LogP contribution in [0, 0.1) is 25.7 Å². The van der Waals surface area contributed by atoms with Crippen LogP contribution in [0.1, 0.15) is 58.3 Å². The quantitative estimate of drug-likeness (QED) is 0.810. The van der Waals surface area contributed by atoms with E-state index in [2.05, 4.69) is 24.5 Å². The minimum atomic E-state index is -0.927. The van der Waals surface area contributed by atoms with Gasteiger partial charge in [0.2, 0.25) is 0 Å². The zero-order valence-corrected chi connectivity index (χ0v) is 12.6. The Morgan fingerprint density at radius 3 is 2.71 bits per heavy atom. The van der Waals surface area contributed by atoms with Gasteiger partial charge in [-0.2, -0.15) is 0 Å². The summed E-state index contributed by atoms with van der Waals surface area (Å²) < 4.78 is 0. The van der Waals surface area contributed by atoms with E-state index in [0.29, 0.717) is 5.56 Å². The van der Waals surface area contributed by atoms with Crippen molar-refractivity contribution in [2.75, 3.05) is 0 Å². The van der Waals surface area contributed by atoms with Crippen LogP contribution in [-0.2, 0) is 0 Å². The van der Waals surface area contributed by atoms with E-state index in [1.54, 1.807) is 6.07 Å². The van der Waals surface area contributed by atoms with E-state index in [1.165, 1.54) is 18.1 Å². The van der Waals surface area contributed by atoms with Crippen molar-refractivity contribution in [3.8, 4) is 11.8 Å². The molecule has 2 heteroatoms. The number of carbonyl (C=O) groups is 1. The summed E-state index contributed by atoms with van der Waals surface area (Å²) in [4.78, 5) is 11.6. The van der Waals surface area contributed by atoms with Crippen LogP contribution in [0.4, 0.5) is 0 Å². The molecule has 0 aromatic heterocycles. The molecule has 0 spiro atoms. The maximum Gasteiger partial charge on any atom is 0.336 e. The number of rotatable bonds is 2. The van der Waals surface area contributed by atoms with Crippen LogP contribution in [0.5, 0.6) is 0 Å². The van der Waals surface area contributed by atoms with Crippen LogP contribution in [0.2, 0.25) is 0 Å². The molecule has 2 rings (SSSR count). The molecule has 0 heterocycles. The summed E-state index contributed by atoms with van der Waals surface area (Å²) in [6.07, 6.45) is 8.13. The van der Waals surface area contributed by atoms with Crippen LogP contribution in [0.25, 0.3) is 5.57 Å². The van der Waals surface area contributed by atoms with Gasteiger partial charge in [0.05, 0.1) is 5.56 Å². The van der Waals surface area contributed by atoms with Crippen molar-refractivity contribution in [3.05, 3.63) is 52.6 Å². The average Bonchev–Trinajstić information content (AvgIpc) is 2.48. The summed E-state index contributed by atoms with van der Waals surface area (Å²) in [5, 5.41) is 9.49. The molecular formula is C19H20O2. The predicted molar refractivity (Wildman–Crippen MR) is 86.4 cm³/mol. The van der Waals surface area contributed by atoms with Crippen LogP contribution in [0.3, 0.4) is 0 Å². The Morgan fingerprint density at radius 2 is 2.14 bits per heavy atom. The lowest BCUT2D eigenvalue weighted by Crippen LogP contribution is -2.08. The second-order valence-corrected chi connectivity index (χ2v) is 5.37. The first-order valence-electron chi connectivity index (χ1n) is 7.25. The Balaban J connectivity index is 2.78. The molecule has 0 amide bonds. The van der Waals surface area contributed by atoms with Crippen LogP contribution in [-0.4, -0.2) is 11.1 Å². The lowest BCUT2D eigenvalue weighted by atomic mass is 9.84. The number of allylic oxidation sites excluding steroid dienone is 3. The van der Waals surface area contributed by atoms with E-state index in [0.717, 1.165) is 36.0 Å². The third-order valence-electron chi connectivity index (χ3n) is 3.99. The number of hydrogen-bond acceptors (Lipinski definition) is 1. The molecule has 0 unspecified atom stereocenters. The fraction of sp³-hybridized carbons (Fsp3) is 0.316. The molecule has 1 aromatic carbocycles. The monoisotopic (exact) mass is 280 g/mol. The van der Waals surface area contributed by atoms with Crippen LogP contribution >= 0.6 is 0 Å². The number of benzene rings is 1. The third-order valence-corrected chi connectivity index (χ3v) is 3.99. The first kappa shape index (κ1) is 15.1. The largest absolute Gasteiger partial charge is 0.478 e. The topological polar surface area (TPSA) is 37.3 Å². The summed E-state index contributed by atoms with van der Waals surface area (Å²) in [5.41, 5.74) is 5.28. The Kier molecular flexibility index (Phi) is 4.65. The van der Waals surface area contributed by atoms with Crippen molar-refractivity contribution in [3.63, 3.8) is 0 Å². The van der Waals surface area contributed by atoms with E-state index in [1.807, 2.05) is 13.8 Å². The highest BCUT2D eigenvalue weighted by atomic mass is 16.4. The van der Waals surface area contributed by atoms with Crippen molar-refractivity contribution in [2.45, 2.75) is 39.5 Å². The van der Waals surface area contributed by atoms with Gasteiger partial charge in [-0.15, -0.1) is 0 Å². The number of aryl methyl sites for hydroxylation is 1. The minimum absolute atomic E-state index is 0.286. The highest BCUT2D eigenvalue weighted by Gasteiger charge is 2.20. The highest BCUT2D eigenvalue weighted by molar-refractivity contribution is 5.94. The molecule has 0 saturated heterocycles. The van der Waals surface area contributed by atoms with E-state index in [9.17, 15) is 9.90 Å². The summed E-state index contributed by atoms with van der Waals surface area (Å²) in [6.45, 7) is 7.60. The Morgan fingerprint density at radius 1 is 1.38 bits per heavy atom. The molecule has 0 atom stereocenters. The Bertz CT molecular complexity index is 682. The maximum absolute atomic E-state index is 11.6. The molecule has 1 aromatic rings. The Labute approximate surface area is 126 Å². The zero-order valence-electron chi connectivity index (χ0n) is 12.6.